The van der Waals surface area contributed by atoms with Crippen molar-refractivity contribution in [3.8, 4) is 0 Å². The van der Waals surface area contributed by atoms with E-state index in [4.69, 9.17) is 23.2 Å². The zero-order valence-corrected chi connectivity index (χ0v) is 15.4. The van der Waals surface area contributed by atoms with E-state index < -0.39 is 0 Å². The normalized spacial score (nSPS) is 11.6. The molecule has 0 bridgehead atoms. The van der Waals surface area contributed by atoms with E-state index in [1.165, 1.54) is 0 Å². The molecule has 1 aromatic carbocycles. The summed E-state index contributed by atoms with van der Waals surface area (Å²) in [6, 6.07) is 5.27. The topological polar surface area (TPSA) is 70.1 Å². The second kappa shape index (κ2) is 8.31. The van der Waals surface area contributed by atoms with Gasteiger partial charge in [0.25, 0.3) is 5.56 Å². The number of aromatic amines is 1. The summed E-state index contributed by atoms with van der Waals surface area (Å²) in [5.41, 5.74) is 5.64. The Labute approximate surface area is 151 Å². The third kappa shape index (κ3) is 4.58. The molecule has 7 heteroatoms. The van der Waals surface area contributed by atoms with E-state index in [1.807, 2.05) is 19.9 Å². The molecule has 0 atom stereocenters. The molecule has 0 fully saturated rings. The Morgan fingerprint density at radius 3 is 2.71 bits per heavy atom. The minimum Gasteiger partial charge on any atom is -0.291 e. The summed E-state index contributed by atoms with van der Waals surface area (Å²) < 4.78 is 0. The van der Waals surface area contributed by atoms with E-state index in [1.54, 1.807) is 12.1 Å². The summed E-state index contributed by atoms with van der Waals surface area (Å²) in [5.74, 6) is 0.317. The first-order valence-electron chi connectivity index (χ1n) is 7.78. The molecular weight excluding hydrogens is 347 g/mol. The van der Waals surface area contributed by atoms with Crippen molar-refractivity contribution in [1.29, 1.82) is 0 Å². The van der Waals surface area contributed by atoms with E-state index >= 15 is 0 Å². The van der Waals surface area contributed by atoms with Crippen LogP contribution < -0.4 is 11.0 Å². The number of H-pyrrole nitrogens is 1. The summed E-state index contributed by atoms with van der Waals surface area (Å²) in [4.78, 5) is 19.2. The average Bonchev–Trinajstić information content (AvgIpc) is 2.54. The zero-order chi connectivity index (χ0) is 17.7. The fourth-order valence-electron chi connectivity index (χ4n) is 2.23. The molecule has 2 N–H and O–H groups in total. The number of rotatable bonds is 6. The Kier molecular flexibility index (Phi) is 6.40. The van der Waals surface area contributed by atoms with Crippen molar-refractivity contribution in [2.24, 2.45) is 5.10 Å². The van der Waals surface area contributed by atoms with Crippen molar-refractivity contribution in [1.82, 2.24) is 9.97 Å². The molecule has 0 radical (unpaired) electrons. The summed E-state index contributed by atoms with van der Waals surface area (Å²) in [7, 11) is 0. The van der Waals surface area contributed by atoms with Crippen LogP contribution in [0, 0.1) is 6.92 Å². The molecule has 0 spiro atoms. The SMILES string of the molecule is CCCCc1c(C)nc(N/N=C(\C)c2ccc(Cl)c(Cl)c2)[nH]c1=O. The van der Waals surface area contributed by atoms with Crippen LogP contribution in [-0.2, 0) is 6.42 Å². The van der Waals surface area contributed by atoms with Gasteiger partial charge in [-0.15, -0.1) is 0 Å². The van der Waals surface area contributed by atoms with Crippen LogP contribution in [-0.4, -0.2) is 15.7 Å². The second-order valence-electron chi connectivity index (χ2n) is 5.52. The maximum absolute atomic E-state index is 12.1. The van der Waals surface area contributed by atoms with Gasteiger partial charge in [-0.05, 0) is 44.4 Å². The number of unbranched alkanes of at least 4 members (excludes halogenated alkanes) is 1. The lowest BCUT2D eigenvalue weighted by atomic mass is 10.1. The van der Waals surface area contributed by atoms with Gasteiger partial charge in [0, 0.05) is 11.3 Å². The van der Waals surface area contributed by atoms with Gasteiger partial charge < -0.3 is 0 Å². The fourth-order valence-corrected chi connectivity index (χ4v) is 2.53. The van der Waals surface area contributed by atoms with Crippen LogP contribution in [0.1, 0.15) is 43.5 Å². The van der Waals surface area contributed by atoms with Crippen LogP contribution >= 0.6 is 23.2 Å². The van der Waals surface area contributed by atoms with Gasteiger partial charge in [-0.1, -0.05) is 42.6 Å². The van der Waals surface area contributed by atoms with Crippen molar-refractivity contribution in [3.05, 3.63) is 55.4 Å². The van der Waals surface area contributed by atoms with E-state index in [0.29, 0.717) is 21.7 Å². The van der Waals surface area contributed by atoms with Gasteiger partial charge >= 0.3 is 0 Å². The van der Waals surface area contributed by atoms with Crippen molar-refractivity contribution in [2.75, 3.05) is 5.43 Å². The molecule has 0 aliphatic rings. The number of aromatic nitrogens is 2. The predicted octanol–water partition coefficient (Wildman–Crippen LogP) is 4.56. The Morgan fingerprint density at radius 2 is 2.08 bits per heavy atom. The number of aryl methyl sites for hydroxylation is 1. The summed E-state index contributed by atoms with van der Waals surface area (Å²) in [5, 5.41) is 5.20. The number of nitrogens with zero attached hydrogens (tertiary/aromatic N) is 2. The number of benzene rings is 1. The first kappa shape index (κ1) is 18.5. The highest BCUT2D eigenvalue weighted by atomic mass is 35.5. The standard InChI is InChI=1S/C17H20Cl2N4O/c1-4-5-6-13-11(3)20-17(21-16(13)24)23-22-10(2)12-7-8-14(18)15(19)9-12/h7-9H,4-6H2,1-3H3,(H2,20,21,23,24)/b22-10+. The number of anilines is 1. The first-order chi connectivity index (χ1) is 11.4. The van der Waals surface area contributed by atoms with Crippen LogP contribution in [0.4, 0.5) is 5.95 Å². The lowest BCUT2D eigenvalue weighted by molar-refractivity contribution is 0.774. The monoisotopic (exact) mass is 366 g/mol. The van der Waals surface area contributed by atoms with Crippen molar-refractivity contribution in [3.63, 3.8) is 0 Å². The highest BCUT2D eigenvalue weighted by molar-refractivity contribution is 6.42. The van der Waals surface area contributed by atoms with Gasteiger partial charge in [0.15, 0.2) is 0 Å². The van der Waals surface area contributed by atoms with Gasteiger partial charge in [-0.3, -0.25) is 9.78 Å². The highest BCUT2D eigenvalue weighted by Crippen LogP contribution is 2.22. The third-order valence-corrected chi connectivity index (χ3v) is 4.41. The molecule has 0 aliphatic carbocycles. The van der Waals surface area contributed by atoms with E-state index in [9.17, 15) is 4.79 Å². The zero-order valence-electron chi connectivity index (χ0n) is 13.9. The van der Waals surface area contributed by atoms with Crippen LogP contribution in [0.2, 0.25) is 10.0 Å². The minimum absolute atomic E-state index is 0.124. The molecule has 0 saturated heterocycles. The maximum Gasteiger partial charge on any atom is 0.255 e. The van der Waals surface area contributed by atoms with Crippen molar-refractivity contribution >= 4 is 34.9 Å². The Morgan fingerprint density at radius 1 is 1.33 bits per heavy atom. The lowest BCUT2D eigenvalue weighted by Gasteiger charge is -2.07. The minimum atomic E-state index is -0.124. The average molecular weight is 367 g/mol. The summed E-state index contributed by atoms with van der Waals surface area (Å²) >= 11 is 11.9. The highest BCUT2D eigenvalue weighted by Gasteiger charge is 2.08. The Hall–Kier alpha value is -1.85. The van der Waals surface area contributed by atoms with Crippen LogP contribution in [0.5, 0.6) is 0 Å². The quantitative estimate of drug-likeness (QED) is 0.581. The molecule has 2 rings (SSSR count). The number of hydrazone groups is 1. The number of hydrogen-bond acceptors (Lipinski definition) is 4. The number of hydrogen-bond donors (Lipinski definition) is 2. The largest absolute Gasteiger partial charge is 0.291 e. The van der Waals surface area contributed by atoms with E-state index in [0.717, 1.165) is 36.1 Å². The van der Waals surface area contributed by atoms with Crippen LogP contribution in [0.25, 0.3) is 0 Å². The van der Waals surface area contributed by atoms with Gasteiger partial charge in [-0.2, -0.15) is 5.10 Å². The van der Waals surface area contributed by atoms with Crippen molar-refractivity contribution < 1.29 is 0 Å². The van der Waals surface area contributed by atoms with Crippen LogP contribution in [0.15, 0.2) is 28.1 Å². The summed E-state index contributed by atoms with van der Waals surface area (Å²) in [6.07, 6.45) is 2.73. The fraction of sp³-hybridized carbons (Fsp3) is 0.353. The van der Waals surface area contributed by atoms with Gasteiger partial charge in [0.1, 0.15) is 0 Å². The third-order valence-electron chi connectivity index (χ3n) is 3.67. The molecule has 1 heterocycles. The van der Waals surface area contributed by atoms with Crippen LogP contribution in [0.3, 0.4) is 0 Å². The molecule has 128 valence electrons. The molecule has 0 amide bonds. The van der Waals surface area contributed by atoms with Crippen molar-refractivity contribution in [2.45, 2.75) is 40.0 Å². The maximum atomic E-state index is 12.1. The second-order valence-corrected chi connectivity index (χ2v) is 6.33. The van der Waals surface area contributed by atoms with Gasteiger partial charge in [-0.25, -0.2) is 10.4 Å². The number of nitrogens with one attached hydrogen (secondary N) is 2. The first-order valence-corrected chi connectivity index (χ1v) is 8.53. The Balaban J connectivity index is 2.18. The van der Waals surface area contributed by atoms with Gasteiger partial charge in [0.05, 0.1) is 15.8 Å². The summed E-state index contributed by atoms with van der Waals surface area (Å²) in [6.45, 7) is 5.75. The number of halogens is 2. The van der Waals surface area contributed by atoms with E-state index in [-0.39, 0.29) is 5.56 Å². The van der Waals surface area contributed by atoms with Gasteiger partial charge in [0.2, 0.25) is 5.95 Å². The Bertz CT molecular complexity index is 815. The molecule has 0 aliphatic heterocycles. The molecule has 2 aromatic rings. The molecule has 0 saturated carbocycles. The molecule has 0 unspecified atom stereocenters. The molecule has 24 heavy (non-hydrogen) atoms. The smallest absolute Gasteiger partial charge is 0.255 e. The molecule has 1 aromatic heterocycles. The molecule has 5 nitrogen and oxygen atoms in total. The predicted molar refractivity (Wildman–Crippen MR) is 101 cm³/mol. The lowest BCUT2D eigenvalue weighted by Crippen LogP contribution is -2.18. The molecular formula is C17H20Cl2N4O. The van der Waals surface area contributed by atoms with E-state index in [2.05, 4.69) is 27.4 Å².